The molecule has 0 saturated carbocycles. The zero-order chi connectivity index (χ0) is 21.5. The normalized spacial score (nSPS) is 11.4. The smallest absolute Gasteiger partial charge is 0.279 e. The first-order valence-corrected chi connectivity index (χ1v) is 9.04. The molecule has 0 fully saturated rings. The van der Waals surface area contributed by atoms with E-state index >= 15 is 0 Å². The number of non-ortho nitro benzene ring substituents is 1. The number of carbonyl (C=O) groups excluding carboxylic acids is 2. The number of carbonyl (C=O) groups is 2. The largest absolute Gasteiger partial charge is 0.484 e. The maximum Gasteiger partial charge on any atom is 0.279 e. The minimum atomic E-state index is -0.845. The van der Waals surface area contributed by atoms with Crippen molar-refractivity contribution in [3.8, 4) is 11.5 Å². The second-order valence-corrected chi connectivity index (χ2v) is 6.35. The molecule has 0 bridgehead atoms. The van der Waals surface area contributed by atoms with Gasteiger partial charge in [-0.15, -0.1) is 0 Å². The quantitative estimate of drug-likeness (QED) is 0.457. The third-order valence-electron chi connectivity index (χ3n) is 4.15. The summed E-state index contributed by atoms with van der Waals surface area (Å²) in [6.45, 7) is 1.18. The van der Waals surface area contributed by atoms with Crippen LogP contribution in [0, 0.1) is 10.1 Å². The third kappa shape index (κ3) is 5.44. The highest BCUT2D eigenvalue weighted by molar-refractivity contribution is 5.86. The summed E-state index contributed by atoms with van der Waals surface area (Å²) in [5.41, 5.74) is 4.41. The van der Waals surface area contributed by atoms with Crippen LogP contribution in [0.4, 0.5) is 5.69 Å². The van der Waals surface area contributed by atoms with E-state index in [1.165, 1.54) is 24.3 Å². The van der Waals surface area contributed by atoms with Crippen LogP contribution in [0.25, 0.3) is 10.8 Å². The zero-order valence-corrected chi connectivity index (χ0v) is 16.0. The van der Waals surface area contributed by atoms with E-state index in [1.807, 2.05) is 36.4 Å². The van der Waals surface area contributed by atoms with Crippen molar-refractivity contribution >= 4 is 28.3 Å². The van der Waals surface area contributed by atoms with E-state index in [4.69, 9.17) is 9.47 Å². The number of hydrazine groups is 1. The molecule has 154 valence electrons. The summed E-state index contributed by atoms with van der Waals surface area (Å²) >= 11 is 0. The SMILES string of the molecule is CC(Oc1ccc2ccccc2c1)C(=O)NNC(=O)COc1ccc([N+](=O)[O-])cc1. The van der Waals surface area contributed by atoms with Gasteiger partial charge in [0, 0.05) is 12.1 Å². The molecule has 0 heterocycles. The lowest BCUT2D eigenvalue weighted by molar-refractivity contribution is -0.384. The first-order chi connectivity index (χ1) is 14.4. The number of amides is 2. The summed E-state index contributed by atoms with van der Waals surface area (Å²) in [6.07, 6.45) is -0.845. The summed E-state index contributed by atoms with van der Waals surface area (Å²) in [5, 5.41) is 12.6. The van der Waals surface area contributed by atoms with E-state index in [9.17, 15) is 19.7 Å². The van der Waals surface area contributed by atoms with E-state index in [-0.39, 0.29) is 18.0 Å². The summed E-state index contributed by atoms with van der Waals surface area (Å²) in [7, 11) is 0. The number of nitro groups is 1. The molecule has 0 aromatic heterocycles. The number of hydrogen-bond donors (Lipinski definition) is 2. The van der Waals surface area contributed by atoms with Crippen molar-refractivity contribution < 1.29 is 24.0 Å². The molecular weight excluding hydrogens is 390 g/mol. The molecule has 0 aliphatic rings. The zero-order valence-electron chi connectivity index (χ0n) is 16.0. The Kier molecular flexibility index (Phi) is 6.43. The number of rotatable bonds is 7. The van der Waals surface area contributed by atoms with E-state index in [2.05, 4.69) is 10.9 Å². The van der Waals surface area contributed by atoms with E-state index in [0.717, 1.165) is 10.8 Å². The fourth-order valence-electron chi connectivity index (χ4n) is 2.58. The lowest BCUT2D eigenvalue weighted by Gasteiger charge is -2.15. The van der Waals surface area contributed by atoms with Crippen molar-refractivity contribution in [2.45, 2.75) is 13.0 Å². The molecule has 0 aliphatic carbocycles. The van der Waals surface area contributed by atoms with Crippen LogP contribution in [0.2, 0.25) is 0 Å². The first kappa shape index (κ1) is 20.6. The van der Waals surface area contributed by atoms with Crippen molar-refractivity contribution in [1.82, 2.24) is 10.9 Å². The highest BCUT2D eigenvalue weighted by Crippen LogP contribution is 2.21. The molecule has 3 rings (SSSR count). The van der Waals surface area contributed by atoms with Crippen LogP contribution in [-0.4, -0.2) is 29.4 Å². The maximum atomic E-state index is 12.1. The first-order valence-electron chi connectivity index (χ1n) is 9.04. The Bertz CT molecular complexity index is 1070. The van der Waals surface area contributed by atoms with Gasteiger partial charge in [0.25, 0.3) is 17.5 Å². The molecule has 2 amide bonds. The average molecular weight is 409 g/mol. The van der Waals surface area contributed by atoms with Gasteiger partial charge in [0.05, 0.1) is 4.92 Å². The Morgan fingerprint density at radius 1 is 0.967 bits per heavy atom. The average Bonchev–Trinajstić information content (AvgIpc) is 2.76. The van der Waals surface area contributed by atoms with Gasteiger partial charge in [-0.3, -0.25) is 30.6 Å². The number of fused-ring (bicyclic) bond motifs is 1. The van der Waals surface area contributed by atoms with Gasteiger partial charge < -0.3 is 9.47 Å². The molecule has 9 nitrogen and oxygen atoms in total. The molecule has 0 aliphatic heterocycles. The minimum absolute atomic E-state index is 0.0838. The van der Waals surface area contributed by atoms with Gasteiger partial charge in [-0.2, -0.15) is 0 Å². The molecule has 30 heavy (non-hydrogen) atoms. The van der Waals surface area contributed by atoms with Crippen LogP contribution >= 0.6 is 0 Å². The number of ether oxygens (including phenoxy) is 2. The molecule has 2 N–H and O–H groups in total. The van der Waals surface area contributed by atoms with Crippen LogP contribution in [0.1, 0.15) is 6.92 Å². The number of benzene rings is 3. The molecule has 0 saturated heterocycles. The molecule has 3 aromatic rings. The third-order valence-corrected chi connectivity index (χ3v) is 4.15. The number of nitro benzene ring substituents is 1. The Morgan fingerprint density at radius 2 is 1.63 bits per heavy atom. The molecule has 1 atom stereocenters. The molecule has 9 heteroatoms. The molecule has 3 aromatic carbocycles. The topological polar surface area (TPSA) is 120 Å². The second kappa shape index (κ2) is 9.37. The second-order valence-electron chi connectivity index (χ2n) is 6.35. The predicted octanol–water partition coefficient (Wildman–Crippen LogP) is 2.74. The highest BCUT2D eigenvalue weighted by atomic mass is 16.6. The number of nitrogens with one attached hydrogen (secondary N) is 2. The molecule has 0 spiro atoms. The fraction of sp³-hybridized carbons (Fsp3) is 0.143. The van der Waals surface area contributed by atoms with Gasteiger partial charge in [0.1, 0.15) is 11.5 Å². The fourth-order valence-corrected chi connectivity index (χ4v) is 2.58. The van der Waals surface area contributed by atoms with Crippen LogP contribution in [0.5, 0.6) is 11.5 Å². The van der Waals surface area contributed by atoms with E-state index in [1.54, 1.807) is 13.0 Å². The molecule has 0 radical (unpaired) electrons. The van der Waals surface area contributed by atoms with Crippen LogP contribution in [-0.2, 0) is 9.59 Å². The Balaban J connectivity index is 1.44. The van der Waals surface area contributed by atoms with Gasteiger partial charge in [0.15, 0.2) is 12.7 Å². The van der Waals surface area contributed by atoms with Gasteiger partial charge in [-0.25, -0.2) is 0 Å². The summed E-state index contributed by atoms with van der Waals surface area (Å²) < 4.78 is 10.8. The Hall–Kier alpha value is -4.14. The van der Waals surface area contributed by atoms with Gasteiger partial charge in [0.2, 0.25) is 0 Å². The van der Waals surface area contributed by atoms with Crippen molar-refractivity contribution in [1.29, 1.82) is 0 Å². The summed E-state index contributed by atoms with van der Waals surface area (Å²) in [6, 6.07) is 18.5. The van der Waals surface area contributed by atoms with Crippen LogP contribution in [0.15, 0.2) is 66.7 Å². The van der Waals surface area contributed by atoms with Gasteiger partial charge >= 0.3 is 0 Å². The molecule has 1 unspecified atom stereocenters. The predicted molar refractivity (Wildman–Crippen MR) is 109 cm³/mol. The number of hydrogen-bond acceptors (Lipinski definition) is 6. The lowest BCUT2D eigenvalue weighted by atomic mass is 10.1. The lowest BCUT2D eigenvalue weighted by Crippen LogP contribution is -2.48. The van der Waals surface area contributed by atoms with Crippen LogP contribution in [0.3, 0.4) is 0 Å². The summed E-state index contributed by atoms with van der Waals surface area (Å²) in [5.74, 6) is -0.314. The summed E-state index contributed by atoms with van der Waals surface area (Å²) in [4.78, 5) is 34.0. The monoisotopic (exact) mass is 409 g/mol. The molecular formula is C21H19N3O6. The van der Waals surface area contributed by atoms with E-state index in [0.29, 0.717) is 5.75 Å². The maximum absolute atomic E-state index is 12.1. The Morgan fingerprint density at radius 3 is 2.33 bits per heavy atom. The van der Waals surface area contributed by atoms with Gasteiger partial charge in [-0.05, 0) is 42.0 Å². The Labute approximate surface area is 171 Å². The van der Waals surface area contributed by atoms with Crippen molar-refractivity contribution in [3.05, 3.63) is 76.8 Å². The standard InChI is InChI=1S/C21H19N3O6/c1-14(30-19-9-6-15-4-2-3-5-16(15)12-19)21(26)23-22-20(25)13-29-18-10-7-17(8-11-18)24(27)28/h2-12,14H,13H2,1H3,(H,22,25)(H,23,26). The van der Waals surface area contributed by atoms with Crippen molar-refractivity contribution in [3.63, 3.8) is 0 Å². The van der Waals surface area contributed by atoms with Crippen molar-refractivity contribution in [2.75, 3.05) is 6.61 Å². The minimum Gasteiger partial charge on any atom is -0.484 e. The van der Waals surface area contributed by atoms with E-state index < -0.39 is 22.8 Å². The van der Waals surface area contributed by atoms with Gasteiger partial charge in [-0.1, -0.05) is 30.3 Å². The highest BCUT2D eigenvalue weighted by Gasteiger charge is 2.16. The van der Waals surface area contributed by atoms with Crippen LogP contribution < -0.4 is 20.3 Å². The van der Waals surface area contributed by atoms with Crippen molar-refractivity contribution in [2.24, 2.45) is 0 Å². The number of nitrogens with zero attached hydrogens (tertiary/aromatic N) is 1.